The zero-order valence-corrected chi connectivity index (χ0v) is 21.9. The molecule has 0 saturated carbocycles. The summed E-state index contributed by atoms with van der Waals surface area (Å²) < 4.78 is 5.64. The fourth-order valence-corrected chi connectivity index (χ4v) is 4.96. The van der Waals surface area contributed by atoms with Crippen molar-refractivity contribution in [3.63, 3.8) is 0 Å². The second kappa shape index (κ2) is 12.9. The van der Waals surface area contributed by atoms with Gasteiger partial charge >= 0.3 is 11.6 Å². The number of aliphatic carboxylic acids is 1. The van der Waals surface area contributed by atoms with Gasteiger partial charge in [-0.15, -0.1) is 0 Å². The molecule has 1 N–H and O–H groups in total. The second-order valence-electron chi connectivity index (χ2n) is 9.80. The predicted octanol–water partition coefficient (Wildman–Crippen LogP) is 7.33. The molecule has 1 aliphatic rings. The molecule has 0 bridgehead atoms. The van der Waals surface area contributed by atoms with Crippen LogP contribution < -0.4 is 10.5 Å². The van der Waals surface area contributed by atoms with E-state index in [2.05, 4.69) is 42.2 Å². The van der Waals surface area contributed by atoms with Crippen LogP contribution in [0.5, 0.6) is 0 Å². The summed E-state index contributed by atoms with van der Waals surface area (Å²) in [6, 6.07) is 16.2. The lowest BCUT2D eigenvalue weighted by atomic mass is 9.98. The molecule has 0 atom stereocenters. The van der Waals surface area contributed by atoms with Gasteiger partial charge in [-0.25, -0.2) is 9.59 Å². The molecule has 6 heteroatoms. The number of nitrogens with zero attached hydrogens (tertiary/aromatic N) is 2. The molecule has 0 unspecified atom stereocenters. The van der Waals surface area contributed by atoms with Crippen LogP contribution in [-0.4, -0.2) is 17.6 Å². The summed E-state index contributed by atoms with van der Waals surface area (Å²) in [4.78, 5) is 25.9. The first-order valence-electron chi connectivity index (χ1n) is 13.5. The minimum Gasteiger partial charge on any atom is -0.477 e. The van der Waals surface area contributed by atoms with Crippen molar-refractivity contribution in [1.29, 1.82) is 5.26 Å². The van der Waals surface area contributed by atoms with Crippen LogP contribution in [0.2, 0.25) is 0 Å². The number of nitriles is 1. The minimum absolute atomic E-state index is 0.296. The van der Waals surface area contributed by atoms with Crippen LogP contribution in [-0.2, 0) is 17.6 Å². The van der Waals surface area contributed by atoms with E-state index in [0.717, 1.165) is 48.6 Å². The first-order chi connectivity index (χ1) is 18.5. The first-order valence-corrected chi connectivity index (χ1v) is 13.5. The van der Waals surface area contributed by atoms with Crippen molar-refractivity contribution in [2.24, 2.45) is 0 Å². The van der Waals surface area contributed by atoms with Crippen LogP contribution in [0.25, 0.3) is 17.0 Å². The van der Waals surface area contributed by atoms with Crippen molar-refractivity contribution >= 4 is 34.4 Å². The van der Waals surface area contributed by atoms with Crippen molar-refractivity contribution < 1.29 is 14.3 Å². The number of carboxylic acid groups (broad SMARTS) is 1. The van der Waals surface area contributed by atoms with Crippen molar-refractivity contribution in [2.75, 3.05) is 11.4 Å². The molecule has 38 heavy (non-hydrogen) atoms. The Kier molecular flexibility index (Phi) is 9.16. The quantitative estimate of drug-likeness (QED) is 0.0954. The minimum atomic E-state index is -1.31. The third-order valence-electron chi connectivity index (χ3n) is 7.04. The van der Waals surface area contributed by atoms with Gasteiger partial charge < -0.3 is 14.4 Å². The highest BCUT2D eigenvalue weighted by Crippen LogP contribution is 2.36. The fraction of sp³-hybridized carbons (Fsp3) is 0.344. The maximum atomic E-state index is 12.6. The van der Waals surface area contributed by atoms with Crippen LogP contribution >= 0.6 is 0 Å². The molecule has 4 rings (SSSR count). The molecule has 2 heterocycles. The Balaban J connectivity index is 1.52. The highest BCUT2D eigenvalue weighted by atomic mass is 16.4. The molecule has 6 nitrogen and oxygen atoms in total. The fourth-order valence-electron chi connectivity index (χ4n) is 4.96. The molecule has 1 aliphatic heterocycles. The first kappa shape index (κ1) is 26.9. The van der Waals surface area contributed by atoms with Gasteiger partial charge in [-0.05, 0) is 73.2 Å². The van der Waals surface area contributed by atoms with Gasteiger partial charge in [0.25, 0.3) is 0 Å². The highest BCUT2D eigenvalue weighted by molar-refractivity contribution is 5.91. The summed E-state index contributed by atoms with van der Waals surface area (Å²) in [5.74, 6) is -1.31. The second-order valence-corrected chi connectivity index (χ2v) is 9.80. The van der Waals surface area contributed by atoms with Crippen LogP contribution in [0.15, 0.2) is 69.4 Å². The number of allylic oxidation sites excluding steroid dienone is 2. The molecule has 1 aromatic heterocycles. The smallest absolute Gasteiger partial charge is 0.346 e. The van der Waals surface area contributed by atoms with Crippen molar-refractivity contribution in [2.45, 2.75) is 64.7 Å². The van der Waals surface area contributed by atoms with E-state index in [1.165, 1.54) is 61.8 Å². The van der Waals surface area contributed by atoms with Gasteiger partial charge in [0.05, 0.1) is 5.56 Å². The third-order valence-corrected chi connectivity index (χ3v) is 7.04. The van der Waals surface area contributed by atoms with E-state index < -0.39 is 17.2 Å². The molecule has 0 spiro atoms. The van der Waals surface area contributed by atoms with Crippen molar-refractivity contribution in [1.82, 2.24) is 0 Å². The number of aryl methyl sites for hydroxylation is 2. The van der Waals surface area contributed by atoms with E-state index >= 15 is 0 Å². The van der Waals surface area contributed by atoms with Gasteiger partial charge in [-0.1, -0.05) is 57.2 Å². The van der Waals surface area contributed by atoms with Gasteiger partial charge in [0, 0.05) is 29.4 Å². The van der Waals surface area contributed by atoms with E-state index in [1.54, 1.807) is 12.1 Å². The van der Waals surface area contributed by atoms with Gasteiger partial charge in [-0.3, -0.25) is 0 Å². The molecule has 0 amide bonds. The SMILES string of the molecule is CCCCCCCCc1ccc(N2CCCc3cc4cc(C=CC=C(C#N)C(=O)O)c(=O)oc4cc32)cc1. The topological polar surface area (TPSA) is 94.5 Å². The zero-order valence-electron chi connectivity index (χ0n) is 21.9. The Morgan fingerprint density at radius 1 is 1.11 bits per heavy atom. The van der Waals surface area contributed by atoms with E-state index in [4.69, 9.17) is 14.8 Å². The van der Waals surface area contributed by atoms with Crippen LogP contribution in [0.4, 0.5) is 11.4 Å². The van der Waals surface area contributed by atoms with Crippen LogP contribution in [0.3, 0.4) is 0 Å². The Bertz CT molecular complexity index is 1440. The number of unbranched alkanes of at least 4 members (excludes halogenated alkanes) is 5. The molecular formula is C32H34N2O4. The van der Waals surface area contributed by atoms with Crippen molar-refractivity contribution in [3.8, 4) is 6.07 Å². The Morgan fingerprint density at radius 2 is 1.87 bits per heavy atom. The van der Waals surface area contributed by atoms with E-state index in [-0.39, 0.29) is 0 Å². The van der Waals surface area contributed by atoms with E-state index in [9.17, 15) is 9.59 Å². The van der Waals surface area contributed by atoms with Crippen LogP contribution in [0.1, 0.15) is 68.6 Å². The normalized spacial score (nSPS) is 13.6. The summed E-state index contributed by atoms with van der Waals surface area (Å²) in [6.07, 6.45) is 14.9. The highest BCUT2D eigenvalue weighted by Gasteiger charge is 2.20. The molecule has 0 saturated heterocycles. The summed E-state index contributed by atoms with van der Waals surface area (Å²) in [5, 5.41) is 18.6. The Morgan fingerprint density at radius 3 is 2.61 bits per heavy atom. The number of benzene rings is 2. The maximum absolute atomic E-state index is 12.6. The standard InChI is InChI=1S/C32H34N2O4/c1-2-3-4-5-6-7-10-23-14-16-28(17-15-23)34-18-9-13-24-19-27-20-25(11-8-12-26(22-33)31(35)36)32(37)38-30(27)21-29(24)34/h8,11-12,14-17,19-21H,2-7,9-10,13,18H2,1H3,(H,35,36). The van der Waals surface area contributed by atoms with Gasteiger partial charge in [0.1, 0.15) is 17.2 Å². The van der Waals surface area contributed by atoms with Gasteiger partial charge in [-0.2, -0.15) is 5.26 Å². The maximum Gasteiger partial charge on any atom is 0.346 e. The lowest BCUT2D eigenvalue weighted by Gasteiger charge is -2.31. The molecular weight excluding hydrogens is 476 g/mol. The molecule has 3 aromatic rings. The van der Waals surface area contributed by atoms with Gasteiger partial charge in [0.2, 0.25) is 0 Å². The summed E-state index contributed by atoms with van der Waals surface area (Å²) in [6.45, 7) is 3.15. The number of fused-ring (bicyclic) bond motifs is 2. The Labute approximate surface area is 223 Å². The van der Waals surface area contributed by atoms with Crippen molar-refractivity contribution in [3.05, 3.63) is 87.3 Å². The molecule has 2 aromatic carbocycles. The number of rotatable bonds is 11. The Hall–Kier alpha value is -4.11. The monoisotopic (exact) mass is 510 g/mol. The number of carboxylic acids is 1. The lowest BCUT2D eigenvalue weighted by Crippen LogP contribution is -2.24. The number of hydrogen-bond acceptors (Lipinski definition) is 5. The van der Waals surface area contributed by atoms with E-state index in [0.29, 0.717) is 11.1 Å². The lowest BCUT2D eigenvalue weighted by molar-refractivity contribution is -0.132. The number of carbonyl (C=O) groups is 1. The summed E-state index contributed by atoms with van der Waals surface area (Å²) in [5.41, 5.74) is 4.64. The largest absolute Gasteiger partial charge is 0.477 e. The van der Waals surface area contributed by atoms with E-state index in [1.807, 2.05) is 6.07 Å². The summed E-state index contributed by atoms with van der Waals surface area (Å²) >= 11 is 0. The molecule has 196 valence electrons. The molecule has 0 fully saturated rings. The zero-order chi connectivity index (χ0) is 26.9. The number of hydrogen-bond donors (Lipinski definition) is 1. The number of anilines is 2. The molecule has 0 aliphatic carbocycles. The average molecular weight is 511 g/mol. The summed E-state index contributed by atoms with van der Waals surface area (Å²) in [7, 11) is 0. The van der Waals surface area contributed by atoms with Gasteiger partial charge in [0.15, 0.2) is 0 Å². The van der Waals surface area contributed by atoms with Crippen LogP contribution in [0, 0.1) is 11.3 Å². The average Bonchev–Trinajstić information content (AvgIpc) is 2.92. The molecule has 0 radical (unpaired) electrons. The predicted molar refractivity (Wildman–Crippen MR) is 152 cm³/mol. The third kappa shape index (κ3) is 6.60.